The Balaban J connectivity index is 2.02. The minimum atomic E-state index is 0.411. The highest BCUT2D eigenvalue weighted by atomic mass is 15.1. The fourth-order valence-corrected chi connectivity index (χ4v) is 2.31. The molecule has 0 aromatic rings. The van der Waals surface area contributed by atoms with Crippen LogP contribution in [0, 0.1) is 5.92 Å². The first-order valence-corrected chi connectivity index (χ1v) is 6.72. The fourth-order valence-electron chi connectivity index (χ4n) is 2.31. The highest BCUT2D eigenvalue weighted by Gasteiger charge is 2.22. The van der Waals surface area contributed by atoms with Crippen molar-refractivity contribution >= 4 is 0 Å². The summed E-state index contributed by atoms with van der Waals surface area (Å²) in [5, 5.41) is 0. The molecule has 1 fully saturated rings. The highest BCUT2D eigenvalue weighted by molar-refractivity contribution is 4.80. The van der Waals surface area contributed by atoms with Crippen LogP contribution < -0.4 is 5.73 Å². The maximum absolute atomic E-state index is 6.08. The van der Waals surface area contributed by atoms with Crippen LogP contribution in [0.25, 0.3) is 0 Å². The molecule has 0 saturated carbocycles. The van der Waals surface area contributed by atoms with Crippen molar-refractivity contribution in [2.24, 2.45) is 11.7 Å². The van der Waals surface area contributed by atoms with Crippen LogP contribution in [0.2, 0.25) is 0 Å². The smallest absolute Gasteiger partial charge is 0.0194 e. The Morgan fingerprint density at radius 1 is 1.20 bits per heavy atom. The monoisotopic (exact) mass is 212 g/mol. The standard InChI is InChI=1S/C13H28N2/c1-3-4-5-6-7-9-15-10-8-12(2)13(14)11-15/h12-13H,3-11,14H2,1-2H3. The summed E-state index contributed by atoms with van der Waals surface area (Å²) in [5.41, 5.74) is 6.08. The van der Waals surface area contributed by atoms with Crippen molar-refractivity contribution in [1.29, 1.82) is 0 Å². The zero-order valence-corrected chi connectivity index (χ0v) is 10.5. The topological polar surface area (TPSA) is 29.3 Å². The summed E-state index contributed by atoms with van der Waals surface area (Å²) in [4.78, 5) is 2.55. The summed E-state index contributed by atoms with van der Waals surface area (Å²) >= 11 is 0. The van der Waals surface area contributed by atoms with E-state index in [4.69, 9.17) is 5.73 Å². The average Bonchev–Trinajstić information content (AvgIpc) is 2.23. The van der Waals surface area contributed by atoms with Gasteiger partial charge in [-0.1, -0.05) is 39.5 Å². The third-order valence-corrected chi connectivity index (χ3v) is 3.68. The second-order valence-electron chi connectivity index (χ2n) is 5.14. The van der Waals surface area contributed by atoms with Gasteiger partial charge in [-0.3, -0.25) is 0 Å². The first kappa shape index (κ1) is 13.0. The Morgan fingerprint density at radius 3 is 2.60 bits per heavy atom. The molecule has 2 N–H and O–H groups in total. The maximum Gasteiger partial charge on any atom is 0.0194 e. The van der Waals surface area contributed by atoms with Gasteiger partial charge in [-0.05, 0) is 31.8 Å². The third kappa shape index (κ3) is 4.98. The van der Waals surface area contributed by atoms with Crippen LogP contribution in [0.4, 0.5) is 0 Å². The van der Waals surface area contributed by atoms with Crippen molar-refractivity contribution in [2.75, 3.05) is 19.6 Å². The normalized spacial score (nSPS) is 28.2. The van der Waals surface area contributed by atoms with Gasteiger partial charge in [0.25, 0.3) is 0 Å². The summed E-state index contributed by atoms with van der Waals surface area (Å²) in [5.74, 6) is 0.723. The van der Waals surface area contributed by atoms with Crippen LogP contribution >= 0.6 is 0 Å². The van der Waals surface area contributed by atoms with Crippen LogP contribution in [0.5, 0.6) is 0 Å². The minimum Gasteiger partial charge on any atom is -0.326 e. The molecule has 2 nitrogen and oxygen atoms in total. The molecule has 15 heavy (non-hydrogen) atoms. The Kier molecular flexibility index (Phi) is 6.26. The summed E-state index contributed by atoms with van der Waals surface area (Å²) in [6.45, 7) is 8.20. The predicted molar refractivity (Wildman–Crippen MR) is 67.0 cm³/mol. The molecule has 0 spiro atoms. The molecule has 90 valence electrons. The number of piperidine rings is 1. The molecule has 0 bridgehead atoms. The zero-order valence-electron chi connectivity index (χ0n) is 10.5. The van der Waals surface area contributed by atoms with Crippen LogP contribution in [0.3, 0.4) is 0 Å². The lowest BCUT2D eigenvalue weighted by Crippen LogP contribution is -2.47. The Morgan fingerprint density at radius 2 is 1.93 bits per heavy atom. The van der Waals surface area contributed by atoms with E-state index in [9.17, 15) is 0 Å². The van der Waals surface area contributed by atoms with E-state index in [2.05, 4.69) is 18.7 Å². The number of nitrogens with zero attached hydrogens (tertiary/aromatic N) is 1. The molecule has 1 heterocycles. The third-order valence-electron chi connectivity index (χ3n) is 3.68. The number of hydrogen-bond donors (Lipinski definition) is 1. The molecule has 0 aliphatic carbocycles. The SMILES string of the molecule is CCCCCCCN1CCC(C)C(N)C1. The number of unbranched alkanes of at least 4 members (excludes halogenated alkanes) is 4. The van der Waals surface area contributed by atoms with E-state index in [1.165, 1.54) is 51.6 Å². The lowest BCUT2D eigenvalue weighted by atomic mass is 9.94. The van der Waals surface area contributed by atoms with E-state index in [1.807, 2.05) is 0 Å². The van der Waals surface area contributed by atoms with Crippen molar-refractivity contribution in [2.45, 2.75) is 58.4 Å². The van der Waals surface area contributed by atoms with E-state index >= 15 is 0 Å². The van der Waals surface area contributed by atoms with E-state index in [0.29, 0.717) is 6.04 Å². The van der Waals surface area contributed by atoms with Crippen LogP contribution in [-0.4, -0.2) is 30.6 Å². The molecule has 1 aliphatic rings. The zero-order chi connectivity index (χ0) is 11.1. The summed E-state index contributed by atoms with van der Waals surface area (Å²) in [6.07, 6.45) is 8.20. The van der Waals surface area contributed by atoms with Crippen molar-refractivity contribution < 1.29 is 0 Å². The lowest BCUT2D eigenvalue weighted by molar-refractivity contribution is 0.166. The average molecular weight is 212 g/mol. The maximum atomic E-state index is 6.08. The van der Waals surface area contributed by atoms with Gasteiger partial charge in [-0.25, -0.2) is 0 Å². The predicted octanol–water partition coefficient (Wildman–Crippen LogP) is 2.63. The minimum absolute atomic E-state index is 0.411. The van der Waals surface area contributed by atoms with Gasteiger partial charge in [-0.2, -0.15) is 0 Å². The van der Waals surface area contributed by atoms with Gasteiger partial charge in [-0.15, -0.1) is 0 Å². The first-order chi connectivity index (χ1) is 7.24. The van der Waals surface area contributed by atoms with E-state index < -0.39 is 0 Å². The van der Waals surface area contributed by atoms with Crippen molar-refractivity contribution in [3.8, 4) is 0 Å². The number of likely N-dealkylation sites (tertiary alicyclic amines) is 1. The second kappa shape index (κ2) is 7.24. The number of nitrogens with two attached hydrogens (primary N) is 1. The van der Waals surface area contributed by atoms with Crippen molar-refractivity contribution in [3.05, 3.63) is 0 Å². The number of rotatable bonds is 6. The molecule has 1 aliphatic heterocycles. The van der Waals surface area contributed by atoms with Gasteiger partial charge >= 0.3 is 0 Å². The van der Waals surface area contributed by atoms with E-state index in [0.717, 1.165) is 12.5 Å². The molecule has 2 heteroatoms. The molecular weight excluding hydrogens is 184 g/mol. The van der Waals surface area contributed by atoms with Gasteiger partial charge in [0, 0.05) is 12.6 Å². The molecule has 1 saturated heterocycles. The fraction of sp³-hybridized carbons (Fsp3) is 1.00. The molecule has 0 amide bonds. The second-order valence-corrected chi connectivity index (χ2v) is 5.14. The molecule has 0 aromatic heterocycles. The largest absolute Gasteiger partial charge is 0.326 e. The Bertz CT molecular complexity index is 159. The molecule has 2 unspecified atom stereocenters. The van der Waals surface area contributed by atoms with Gasteiger partial charge in [0.05, 0.1) is 0 Å². The summed E-state index contributed by atoms with van der Waals surface area (Å²) in [7, 11) is 0. The van der Waals surface area contributed by atoms with E-state index in [-0.39, 0.29) is 0 Å². The molecule has 0 aromatic carbocycles. The number of hydrogen-bond acceptors (Lipinski definition) is 2. The first-order valence-electron chi connectivity index (χ1n) is 6.72. The van der Waals surface area contributed by atoms with Gasteiger partial charge in [0.1, 0.15) is 0 Å². The highest BCUT2D eigenvalue weighted by Crippen LogP contribution is 2.16. The van der Waals surface area contributed by atoms with Crippen molar-refractivity contribution in [1.82, 2.24) is 4.90 Å². The van der Waals surface area contributed by atoms with Gasteiger partial charge in [0.15, 0.2) is 0 Å². The van der Waals surface area contributed by atoms with Crippen molar-refractivity contribution in [3.63, 3.8) is 0 Å². The lowest BCUT2D eigenvalue weighted by Gasteiger charge is -2.35. The summed E-state index contributed by atoms with van der Waals surface area (Å²) in [6, 6.07) is 0.411. The Hall–Kier alpha value is -0.0800. The quantitative estimate of drug-likeness (QED) is 0.686. The molecule has 1 rings (SSSR count). The molecule has 2 atom stereocenters. The van der Waals surface area contributed by atoms with Crippen LogP contribution in [0.15, 0.2) is 0 Å². The molecular formula is C13H28N2. The van der Waals surface area contributed by atoms with Gasteiger partial charge in [0.2, 0.25) is 0 Å². The van der Waals surface area contributed by atoms with Crippen LogP contribution in [-0.2, 0) is 0 Å². The molecule has 0 radical (unpaired) electrons. The van der Waals surface area contributed by atoms with Gasteiger partial charge < -0.3 is 10.6 Å². The Labute approximate surface area is 95.2 Å². The van der Waals surface area contributed by atoms with E-state index in [1.54, 1.807) is 0 Å². The van der Waals surface area contributed by atoms with Crippen LogP contribution in [0.1, 0.15) is 52.4 Å². The summed E-state index contributed by atoms with van der Waals surface area (Å²) < 4.78 is 0.